The molecule has 4 N–H and O–H groups in total. The van der Waals surface area contributed by atoms with E-state index in [0.29, 0.717) is 49.8 Å². The summed E-state index contributed by atoms with van der Waals surface area (Å²) in [7, 11) is 0. The van der Waals surface area contributed by atoms with E-state index in [-0.39, 0.29) is 29.8 Å². The number of hydrogen-bond acceptors (Lipinski definition) is 8. The first-order valence-corrected chi connectivity index (χ1v) is 14.3. The minimum atomic E-state index is -1.04. The number of fused-ring (bicyclic) bond motifs is 2. The lowest BCUT2D eigenvalue weighted by Crippen LogP contribution is -2.24. The van der Waals surface area contributed by atoms with Crippen LogP contribution in [0.4, 0.5) is 10.2 Å². The Kier molecular flexibility index (Phi) is 7.39. The van der Waals surface area contributed by atoms with Crippen LogP contribution in [0.5, 0.6) is 0 Å². The normalized spacial score (nSPS) is 11.8. The molecule has 0 amide bonds. The number of ether oxygens (including phenoxy) is 1. The smallest absolute Gasteiger partial charge is 0.325 e. The van der Waals surface area contributed by atoms with Crippen molar-refractivity contribution in [2.24, 2.45) is 0 Å². The largest absolute Gasteiger partial charge is 0.480 e. The number of carbonyl (C=O) groups excluding carboxylic acids is 1. The second-order valence-corrected chi connectivity index (χ2v) is 12.0. The van der Waals surface area contributed by atoms with Crippen molar-refractivity contribution in [1.82, 2.24) is 29.8 Å². The monoisotopic (exact) mass is 623 g/mol. The first-order valence-electron chi connectivity index (χ1n) is 14.3. The molecule has 46 heavy (non-hydrogen) atoms. The Bertz CT molecular complexity index is 2240. The Balaban J connectivity index is 1.57. The molecule has 3 heterocycles. The summed E-state index contributed by atoms with van der Waals surface area (Å²) in [5.74, 6) is -2.01. The van der Waals surface area contributed by atoms with Gasteiger partial charge in [0, 0.05) is 40.6 Å². The fraction of sp³-hybridized carbons (Fsp3) is 0.212. The number of carbonyl (C=O) groups is 2. The van der Waals surface area contributed by atoms with Gasteiger partial charge in [-0.2, -0.15) is 20.0 Å². The van der Waals surface area contributed by atoms with Crippen molar-refractivity contribution >= 4 is 39.4 Å². The number of benzene rings is 3. The zero-order valence-electron chi connectivity index (χ0n) is 25.5. The number of aliphatic carboxylic acids is 1. The van der Waals surface area contributed by atoms with Crippen molar-refractivity contribution in [1.29, 1.82) is 0 Å². The van der Waals surface area contributed by atoms with E-state index in [1.807, 2.05) is 26.8 Å². The lowest BCUT2D eigenvalue weighted by atomic mass is 9.86. The fourth-order valence-electron chi connectivity index (χ4n) is 5.46. The first-order chi connectivity index (χ1) is 21.8. The van der Waals surface area contributed by atoms with Gasteiger partial charge in [0.05, 0.1) is 29.0 Å². The Morgan fingerprint density at radius 2 is 1.85 bits per heavy atom. The lowest BCUT2D eigenvalue weighted by molar-refractivity contribution is -0.142. The number of aromatic nitrogens is 6. The molecule has 0 saturated heterocycles. The highest BCUT2D eigenvalue weighted by atomic mass is 19.1. The van der Waals surface area contributed by atoms with Crippen molar-refractivity contribution in [3.05, 3.63) is 88.4 Å². The molecule has 0 aliphatic rings. The highest BCUT2D eigenvalue weighted by Gasteiger charge is 2.22. The van der Waals surface area contributed by atoms with Crippen LogP contribution in [0.3, 0.4) is 0 Å². The molecule has 0 aliphatic heterocycles. The number of nitrogens with two attached hydrogens (primary N) is 1. The number of rotatable bonds is 7. The lowest BCUT2D eigenvalue weighted by Gasteiger charge is -2.20. The van der Waals surface area contributed by atoms with Gasteiger partial charge in [-0.3, -0.25) is 24.2 Å². The molecule has 0 bridgehead atoms. The SMILES string of the molecule is CC(=O)OCc1c(-c2cc(-c3cnn(CC(=O)O)c3)c3[nH]nc(N)c3c2)cccc1-n1ncc2cc(C(C)(C)C)cc(F)c2c1=O. The maximum absolute atomic E-state index is 15.5. The van der Waals surface area contributed by atoms with Crippen molar-refractivity contribution in [3.63, 3.8) is 0 Å². The third-order valence-electron chi connectivity index (χ3n) is 7.76. The maximum Gasteiger partial charge on any atom is 0.325 e. The maximum atomic E-state index is 15.5. The van der Waals surface area contributed by atoms with E-state index in [2.05, 4.69) is 20.4 Å². The molecule has 0 fully saturated rings. The van der Waals surface area contributed by atoms with Crippen LogP contribution in [0.1, 0.15) is 38.8 Å². The van der Waals surface area contributed by atoms with E-state index < -0.39 is 23.3 Å². The Morgan fingerprint density at radius 3 is 2.57 bits per heavy atom. The Labute approximate surface area is 261 Å². The highest BCUT2D eigenvalue weighted by molar-refractivity contribution is 6.02. The summed E-state index contributed by atoms with van der Waals surface area (Å²) in [4.78, 5) is 37.1. The van der Waals surface area contributed by atoms with Crippen LogP contribution in [0.25, 0.3) is 49.6 Å². The number of H-pyrrole nitrogens is 1. The molecule has 0 spiro atoms. The van der Waals surface area contributed by atoms with Gasteiger partial charge in [0.25, 0.3) is 5.56 Å². The van der Waals surface area contributed by atoms with Crippen LogP contribution in [0, 0.1) is 5.82 Å². The number of nitrogens with one attached hydrogen (secondary N) is 1. The standard InChI is InChI=1S/C33H30FN7O5/c1-17(42)46-16-25-22(18-9-23(30-24(10-18)31(35)39-38-30)20-13-36-40(14-20)15-28(43)44)6-5-7-27(25)41-32(45)29-19(12-37-41)8-21(11-26(29)34)33(2,3)4/h5-14H,15-16H2,1-4H3,(H,43,44)(H3,35,38,39). The van der Waals surface area contributed by atoms with Gasteiger partial charge >= 0.3 is 11.9 Å². The average Bonchev–Trinajstić information content (AvgIpc) is 3.61. The molecule has 3 aromatic heterocycles. The van der Waals surface area contributed by atoms with Gasteiger partial charge in [-0.05, 0) is 52.4 Å². The quantitative estimate of drug-likeness (QED) is 0.208. The molecule has 0 saturated carbocycles. The number of halogens is 1. The summed E-state index contributed by atoms with van der Waals surface area (Å²) in [6, 6.07) is 11.9. The number of nitrogens with zero attached hydrogens (tertiary/aromatic N) is 5. The van der Waals surface area contributed by atoms with Gasteiger partial charge in [-0.1, -0.05) is 32.9 Å². The van der Waals surface area contributed by atoms with E-state index in [1.165, 1.54) is 30.1 Å². The van der Waals surface area contributed by atoms with Crippen molar-refractivity contribution in [3.8, 4) is 27.9 Å². The second kappa shape index (κ2) is 11.3. The summed E-state index contributed by atoms with van der Waals surface area (Å²) in [6.07, 6.45) is 4.58. The minimum Gasteiger partial charge on any atom is -0.480 e. The number of carboxylic acids is 1. The number of esters is 1. The molecule has 13 heteroatoms. The van der Waals surface area contributed by atoms with Crippen LogP contribution in [0.2, 0.25) is 0 Å². The van der Waals surface area contributed by atoms with Crippen molar-refractivity contribution < 1.29 is 23.8 Å². The predicted octanol–water partition coefficient (Wildman–Crippen LogP) is 4.96. The highest BCUT2D eigenvalue weighted by Crippen LogP contribution is 2.38. The van der Waals surface area contributed by atoms with Gasteiger partial charge in [-0.25, -0.2) is 4.39 Å². The third-order valence-corrected chi connectivity index (χ3v) is 7.76. The molecular formula is C33H30FN7O5. The minimum absolute atomic E-state index is 0.111. The fourth-order valence-corrected chi connectivity index (χ4v) is 5.46. The topological polar surface area (TPSA) is 171 Å². The van der Waals surface area contributed by atoms with E-state index in [0.717, 1.165) is 10.2 Å². The first kappa shape index (κ1) is 30.2. The van der Waals surface area contributed by atoms with Crippen LogP contribution in [-0.4, -0.2) is 46.8 Å². The van der Waals surface area contributed by atoms with E-state index in [1.54, 1.807) is 36.5 Å². The van der Waals surface area contributed by atoms with Crippen LogP contribution >= 0.6 is 0 Å². The summed E-state index contributed by atoms with van der Waals surface area (Å²) in [5, 5.41) is 25.7. The molecule has 6 rings (SSSR count). The summed E-state index contributed by atoms with van der Waals surface area (Å²) >= 11 is 0. The van der Waals surface area contributed by atoms with Gasteiger partial charge in [0.15, 0.2) is 5.82 Å². The molecule has 3 aromatic carbocycles. The number of hydrogen-bond donors (Lipinski definition) is 3. The predicted molar refractivity (Wildman–Crippen MR) is 170 cm³/mol. The van der Waals surface area contributed by atoms with Gasteiger partial charge < -0.3 is 15.6 Å². The average molecular weight is 624 g/mol. The molecular weight excluding hydrogens is 593 g/mol. The summed E-state index contributed by atoms with van der Waals surface area (Å²) in [6.45, 7) is 6.60. The van der Waals surface area contributed by atoms with Crippen LogP contribution in [-0.2, 0) is 32.9 Å². The van der Waals surface area contributed by atoms with E-state index in [4.69, 9.17) is 10.5 Å². The van der Waals surface area contributed by atoms with Gasteiger partial charge in [-0.15, -0.1) is 0 Å². The molecule has 12 nitrogen and oxygen atoms in total. The summed E-state index contributed by atoms with van der Waals surface area (Å²) < 4.78 is 23.3. The van der Waals surface area contributed by atoms with Crippen LogP contribution < -0.4 is 11.3 Å². The summed E-state index contributed by atoms with van der Waals surface area (Å²) in [5.41, 5.74) is 9.71. The molecule has 234 valence electrons. The molecule has 6 aromatic rings. The molecule has 0 atom stereocenters. The molecule has 0 unspecified atom stereocenters. The number of nitrogen functional groups attached to an aromatic ring is 1. The van der Waals surface area contributed by atoms with Crippen molar-refractivity contribution in [2.75, 3.05) is 5.73 Å². The Morgan fingerprint density at radius 1 is 1.07 bits per heavy atom. The number of carboxylic acid groups (broad SMARTS) is 1. The number of aromatic amines is 1. The zero-order valence-corrected chi connectivity index (χ0v) is 25.5. The second-order valence-electron chi connectivity index (χ2n) is 12.0. The van der Waals surface area contributed by atoms with Gasteiger partial charge in [0.1, 0.15) is 19.0 Å². The van der Waals surface area contributed by atoms with Crippen molar-refractivity contribution in [2.45, 2.75) is 46.3 Å². The molecule has 0 radical (unpaired) electrons. The van der Waals surface area contributed by atoms with Gasteiger partial charge in [0.2, 0.25) is 0 Å². The molecule has 0 aliphatic carbocycles. The van der Waals surface area contributed by atoms with E-state index >= 15 is 4.39 Å². The third kappa shape index (κ3) is 5.47. The van der Waals surface area contributed by atoms with Crippen LogP contribution in [0.15, 0.2) is 65.8 Å². The Hall–Kier alpha value is -5.85. The van der Waals surface area contributed by atoms with E-state index in [9.17, 15) is 19.5 Å². The number of anilines is 1. The zero-order chi connectivity index (χ0) is 32.9.